The van der Waals surface area contributed by atoms with Gasteiger partial charge in [-0.05, 0) is 87.5 Å². The Labute approximate surface area is 256 Å². The Morgan fingerprint density at radius 3 is 1.19 bits per heavy atom. The molecule has 42 heavy (non-hydrogen) atoms. The van der Waals surface area contributed by atoms with Crippen LogP contribution < -0.4 is 0 Å². The number of Topliss-reactive ketones (excluding diaryl/α,β-unsaturated/α-hetero) is 2. The van der Waals surface area contributed by atoms with E-state index in [9.17, 15) is 9.59 Å². The first kappa shape index (κ1) is 34.7. The lowest BCUT2D eigenvalue weighted by atomic mass is 9.72. The van der Waals surface area contributed by atoms with E-state index in [2.05, 4.69) is 140 Å². The van der Waals surface area contributed by atoms with Gasteiger partial charge in [-0.15, -0.1) is 0 Å². The predicted octanol–water partition coefficient (Wildman–Crippen LogP) is 11.0. The second kappa shape index (κ2) is 15.6. The zero-order chi connectivity index (χ0) is 31.5. The Balaban J connectivity index is 1.93. The third-order valence-electron chi connectivity index (χ3n) is 8.35. The van der Waals surface area contributed by atoms with Gasteiger partial charge in [-0.1, -0.05) is 135 Å². The van der Waals surface area contributed by atoms with E-state index in [-0.39, 0.29) is 22.4 Å². The van der Waals surface area contributed by atoms with Crippen molar-refractivity contribution in [1.29, 1.82) is 0 Å². The van der Waals surface area contributed by atoms with Gasteiger partial charge < -0.3 is 0 Å². The summed E-state index contributed by atoms with van der Waals surface area (Å²) in [5.74, 6) is 0.542. The Kier molecular flexibility index (Phi) is 12.9. The average molecular weight is 565 g/mol. The van der Waals surface area contributed by atoms with Crippen molar-refractivity contribution in [3.63, 3.8) is 0 Å². The molecule has 0 N–H and O–H groups in total. The molecule has 224 valence electrons. The van der Waals surface area contributed by atoms with E-state index in [1.165, 1.54) is 0 Å². The quantitative estimate of drug-likeness (QED) is 0.247. The normalized spacial score (nSPS) is 21.6. The summed E-state index contributed by atoms with van der Waals surface area (Å²) in [4.78, 5) is 24.3. The SMILES string of the molecule is CC1=C(\C=C/C(C)=C/C=C/C(C)=C\C=C\C=C(C)\C=C\C=C(C)\C=C/C2=C(C)C(=O)CCC2(C)C)C(C)(C)CCC1=O. The van der Waals surface area contributed by atoms with E-state index in [0.29, 0.717) is 12.8 Å². The number of rotatable bonds is 10. The Hall–Kier alpha value is -3.52. The van der Waals surface area contributed by atoms with E-state index in [1.54, 1.807) is 0 Å². The molecule has 2 rings (SSSR count). The Bertz CT molecular complexity index is 1270. The first-order valence-electron chi connectivity index (χ1n) is 15.2. The van der Waals surface area contributed by atoms with Crippen LogP contribution in [0.4, 0.5) is 0 Å². The van der Waals surface area contributed by atoms with Gasteiger partial charge >= 0.3 is 0 Å². The Morgan fingerprint density at radius 2 is 0.833 bits per heavy atom. The van der Waals surface area contributed by atoms with Crippen LogP contribution in [0.1, 0.15) is 94.9 Å². The maximum Gasteiger partial charge on any atom is 0.158 e. The number of carbonyl (C=O) groups excluding carboxylic acids is 2. The predicted molar refractivity (Wildman–Crippen MR) is 182 cm³/mol. The molecule has 2 nitrogen and oxygen atoms in total. The van der Waals surface area contributed by atoms with Crippen LogP contribution in [0.25, 0.3) is 0 Å². The van der Waals surface area contributed by atoms with E-state index in [1.807, 2.05) is 13.8 Å². The number of ketones is 2. The first-order chi connectivity index (χ1) is 19.6. The average Bonchev–Trinajstić information content (AvgIpc) is 2.91. The summed E-state index contributed by atoms with van der Waals surface area (Å²) in [5, 5.41) is 0. The molecule has 0 aliphatic heterocycles. The van der Waals surface area contributed by atoms with E-state index in [4.69, 9.17) is 0 Å². The highest BCUT2D eigenvalue weighted by molar-refractivity contribution is 5.97. The second-order valence-corrected chi connectivity index (χ2v) is 13.1. The molecule has 0 saturated carbocycles. The van der Waals surface area contributed by atoms with Crippen LogP contribution in [0.15, 0.2) is 130 Å². The third kappa shape index (κ3) is 10.7. The van der Waals surface area contributed by atoms with Crippen molar-refractivity contribution in [3.8, 4) is 0 Å². The molecule has 0 unspecified atom stereocenters. The van der Waals surface area contributed by atoms with E-state index in [0.717, 1.165) is 57.4 Å². The number of allylic oxidation sites excluding steroid dienone is 22. The molecule has 0 radical (unpaired) electrons. The molecule has 0 aromatic heterocycles. The molecule has 2 heteroatoms. The number of hydrogen-bond donors (Lipinski definition) is 0. The van der Waals surface area contributed by atoms with Gasteiger partial charge in [0.1, 0.15) is 0 Å². The zero-order valence-electron chi connectivity index (χ0n) is 27.7. The molecular formula is C40H52O2. The molecule has 0 saturated heterocycles. The molecule has 0 amide bonds. The molecule has 0 atom stereocenters. The summed E-state index contributed by atoms with van der Waals surface area (Å²) in [6.45, 7) is 21.1. The monoisotopic (exact) mass is 564 g/mol. The van der Waals surface area contributed by atoms with Crippen molar-refractivity contribution in [3.05, 3.63) is 130 Å². The van der Waals surface area contributed by atoms with Crippen LogP contribution in [0, 0.1) is 10.8 Å². The number of carbonyl (C=O) groups is 2. The van der Waals surface area contributed by atoms with Crippen LogP contribution >= 0.6 is 0 Å². The molecular weight excluding hydrogens is 512 g/mol. The van der Waals surface area contributed by atoms with Crippen molar-refractivity contribution in [2.24, 2.45) is 10.8 Å². The van der Waals surface area contributed by atoms with Crippen molar-refractivity contribution in [1.82, 2.24) is 0 Å². The van der Waals surface area contributed by atoms with Crippen LogP contribution in [0.5, 0.6) is 0 Å². The maximum atomic E-state index is 12.2. The molecule has 0 aromatic rings. The van der Waals surface area contributed by atoms with Gasteiger partial charge in [-0.2, -0.15) is 0 Å². The second-order valence-electron chi connectivity index (χ2n) is 13.1. The van der Waals surface area contributed by atoms with Gasteiger partial charge in [0.2, 0.25) is 0 Å². The topological polar surface area (TPSA) is 34.1 Å². The fraction of sp³-hybridized carbons (Fsp3) is 0.400. The molecule has 2 aliphatic carbocycles. The molecule has 0 aromatic carbocycles. The lowest BCUT2D eigenvalue weighted by Crippen LogP contribution is -2.24. The number of hydrogen-bond acceptors (Lipinski definition) is 2. The van der Waals surface area contributed by atoms with Crippen LogP contribution in [0.2, 0.25) is 0 Å². The van der Waals surface area contributed by atoms with E-state index >= 15 is 0 Å². The lowest BCUT2D eigenvalue weighted by molar-refractivity contribution is -0.117. The fourth-order valence-electron chi connectivity index (χ4n) is 5.28. The smallest absolute Gasteiger partial charge is 0.158 e. The summed E-state index contributed by atoms with van der Waals surface area (Å²) >= 11 is 0. The van der Waals surface area contributed by atoms with Gasteiger partial charge in [0.15, 0.2) is 11.6 Å². The zero-order valence-corrected chi connectivity index (χ0v) is 27.7. The summed E-state index contributed by atoms with van der Waals surface area (Å²) < 4.78 is 0. The van der Waals surface area contributed by atoms with Gasteiger partial charge in [0.05, 0.1) is 0 Å². The molecule has 0 fully saturated rings. The largest absolute Gasteiger partial charge is 0.295 e. The summed E-state index contributed by atoms with van der Waals surface area (Å²) in [5.41, 5.74) is 8.82. The van der Waals surface area contributed by atoms with Gasteiger partial charge in [-0.25, -0.2) is 0 Å². The summed E-state index contributed by atoms with van der Waals surface area (Å²) in [6, 6.07) is 0. The minimum Gasteiger partial charge on any atom is -0.295 e. The lowest BCUT2D eigenvalue weighted by Gasteiger charge is -2.32. The van der Waals surface area contributed by atoms with Crippen molar-refractivity contribution < 1.29 is 9.59 Å². The maximum absolute atomic E-state index is 12.2. The van der Waals surface area contributed by atoms with Crippen molar-refractivity contribution in [2.45, 2.75) is 94.9 Å². The van der Waals surface area contributed by atoms with Crippen molar-refractivity contribution >= 4 is 11.6 Å². The fourth-order valence-corrected chi connectivity index (χ4v) is 5.28. The van der Waals surface area contributed by atoms with Gasteiger partial charge in [0.25, 0.3) is 0 Å². The summed E-state index contributed by atoms with van der Waals surface area (Å²) in [6.07, 6.45) is 32.4. The minimum absolute atomic E-state index is 0.0404. The van der Waals surface area contributed by atoms with Crippen LogP contribution in [-0.2, 0) is 9.59 Å². The first-order valence-corrected chi connectivity index (χ1v) is 15.2. The minimum atomic E-state index is 0.0404. The molecule has 0 spiro atoms. The molecule has 2 aliphatic rings. The van der Waals surface area contributed by atoms with Crippen LogP contribution in [0.3, 0.4) is 0 Å². The standard InChI is InChI=1S/C40H52O2/c1-29(17-13-19-31(3)21-23-35-33(5)37(41)25-27-39(35,7)8)15-11-12-16-30(2)18-14-20-32(4)22-24-36-34(6)38(42)26-28-40(36,9)10/h11-24H,25-28H2,1-10H3/b12-11+,17-13+,18-14+,23-21-,24-22-,29-15-,30-16+,31-19+,32-20+. The van der Waals surface area contributed by atoms with E-state index < -0.39 is 0 Å². The third-order valence-corrected chi connectivity index (χ3v) is 8.35. The Morgan fingerprint density at radius 1 is 0.524 bits per heavy atom. The molecule has 0 bridgehead atoms. The highest BCUT2D eigenvalue weighted by atomic mass is 16.1. The molecule has 0 heterocycles. The van der Waals surface area contributed by atoms with Gasteiger partial charge in [-0.3, -0.25) is 9.59 Å². The highest BCUT2D eigenvalue weighted by Gasteiger charge is 2.31. The van der Waals surface area contributed by atoms with Crippen molar-refractivity contribution in [2.75, 3.05) is 0 Å². The highest BCUT2D eigenvalue weighted by Crippen LogP contribution is 2.40. The summed E-state index contributed by atoms with van der Waals surface area (Å²) in [7, 11) is 0. The van der Waals surface area contributed by atoms with Crippen LogP contribution in [-0.4, -0.2) is 11.6 Å². The van der Waals surface area contributed by atoms with Gasteiger partial charge in [0, 0.05) is 12.8 Å².